The van der Waals surface area contributed by atoms with Gasteiger partial charge in [-0.3, -0.25) is 4.79 Å². The molecule has 1 fully saturated rings. The summed E-state index contributed by atoms with van der Waals surface area (Å²) in [6, 6.07) is 7.86. The van der Waals surface area contributed by atoms with E-state index in [4.69, 9.17) is 10.5 Å². The van der Waals surface area contributed by atoms with Crippen molar-refractivity contribution in [2.45, 2.75) is 44.2 Å². The summed E-state index contributed by atoms with van der Waals surface area (Å²) < 4.78 is 6.25. The van der Waals surface area contributed by atoms with Gasteiger partial charge in [0.15, 0.2) is 5.82 Å². The summed E-state index contributed by atoms with van der Waals surface area (Å²) >= 11 is 0. The summed E-state index contributed by atoms with van der Waals surface area (Å²) in [6.07, 6.45) is 3.31. The Morgan fingerprint density at radius 3 is 2.68 bits per heavy atom. The van der Waals surface area contributed by atoms with Crippen LogP contribution in [-0.4, -0.2) is 28.7 Å². The molecule has 1 saturated heterocycles. The van der Waals surface area contributed by atoms with Gasteiger partial charge in [0, 0.05) is 43.4 Å². The molecule has 1 aromatic carbocycles. The maximum absolute atomic E-state index is 12.4. The summed E-state index contributed by atoms with van der Waals surface area (Å²) in [5.41, 5.74) is 7.94. The lowest BCUT2D eigenvalue weighted by molar-refractivity contribution is 0.0430. The first-order valence-electron chi connectivity index (χ1n) is 8.88. The van der Waals surface area contributed by atoms with E-state index in [1.54, 1.807) is 6.20 Å². The Morgan fingerprint density at radius 1 is 1.32 bits per heavy atom. The Labute approximate surface area is 147 Å². The highest BCUT2D eigenvalue weighted by atomic mass is 16.5. The minimum atomic E-state index is -0.370. The van der Waals surface area contributed by atoms with E-state index in [-0.39, 0.29) is 23.1 Å². The molecule has 3 heterocycles. The predicted molar refractivity (Wildman–Crippen MR) is 97.1 cm³/mol. The topological polar surface area (TPSA) is 84.2 Å². The first kappa shape index (κ1) is 16.1. The third kappa shape index (κ3) is 2.61. The third-order valence-electron chi connectivity index (χ3n) is 5.45. The van der Waals surface area contributed by atoms with Crippen LogP contribution in [0.5, 0.6) is 5.75 Å². The van der Waals surface area contributed by atoms with Gasteiger partial charge in [0.2, 0.25) is 0 Å². The summed E-state index contributed by atoms with van der Waals surface area (Å²) in [7, 11) is 0. The zero-order valence-electron chi connectivity index (χ0n) is 14.7. The number of benzene rings is 1. The molecule has 2 aromatic rings. The number of nitrogens with one attached hydrogen (secondary N) is 1. The van der Waals surface area contributed by atoms with E-state index in [9.17, 15) is 4.79 Å². The van der Waals surface area contributed by atoms with Crippen LogP contribution >= 0.6 is 0 Å². The lowest BCUT2D eigenvalue weighted by Crippen LogP contribution is -2.52. The summed E-state index contributed by atoms with van der Waals surface area (Å²) in [4.78, 5) is 21.8. The first-order chi connectivity index (χ1) is 12.0. The van der Waals surface area contributed by atoms with E-state index in [0.717, 1.165) is 29.8 Å². The molecule has 0 bridgehead atoms. The fraction of sp³-hybridized carbons (Fsp3) is 0.474. The number of nitrogens with zero attached hydrogens (tertiary/aromatic N) is 2. The summed E-state index contributed by atoms with van der Waals surface area (Å²) in [5, 5.41) is 0. The second kappa shape index (κ2) is 5.88. The van der Waals surface area contributed by atoms with Crippen LogP contribution in [0, 0.1) is 0 Å². The van der Waals surface area contributed by atoms with Gasteiger partial charge in [-0.05, 0) is 12.0 Å². The number of hydrogen-bond acceptors (Lipinski definition) is 5. The van der Waals surface area contributed by atoms with E-state index in [2.05, 4.69) is 9.97 Å². The molecule has 3 N–H and O–H groups in total. The zero-order chi connectivity index (χ0) is 17.6. The number of aromatic amines is 1. The Kier molecular flexibility index (Phi) is 3.80. The molecule has 25 heavy (non-hydrogen) atoms. The quantitative estimate of drug-likeness (QED) is 0.876. The van der Waals surface area contributed by atoms with E-state index >= 15 is 0 Å². The van der Waals surface area contributed by atoms with Gasteiger partial charge in [-0.25, -0.2) is 4.98 Å². The predicted octanol–water partition coefficient (Wildman–Crippen LogP) is 2.32. The van der Waals surface area contributed by atoms with Gasteiger partial charge in [-0.1, -0.05) is 32.0 Å². The van der Waals surface area contributed by atoms with Crippen molar-refractivity contribution in [3.05, 3.63) is 52.1 Å². The molecule has 1 aromatic heterocycles. The standard InChI is InChI=1S/C19H24N4O2/c1-12(2)14-11-21-17(18(24)22-14)23-9-7-19(8-10-23)16(20)13-5-3-4-6-15(13)25-19/h3-6,11-12,16H,7-10,20H2,1-2H3,(H,22,24)/t16-/m1/s1. The van der Waals surface area contributed by atoms with E-state index in [1.165, 1.54) is 0 Å². The summed E-state index contributed by atoms with van der Waals surface area (Å²) in [5.74, 6) is 1.63. The number of rotatable bonds is 2. The Hall–Kier alpha value is -2.34. The van der Waals surface area contributed by atoms with Crippen molar-refractivity contribution in [1.82, 2.24) is 9.97 Å². The van der Waals surface area contributed by atoms with Gasteiger partial charge < -0.3 is 20.4 Å². The van der Waals surface area contributed by atoms with Crippen LogP contribution < -0.4 is 20.9 Å². The molecule has 0 radical (unpaired) electrons. The maximum atomic E-state index is 12.4. The van der Waals surface area contributed by atoms with Crippen molar-refractivity contribution in [1.29, 1.82) is 0 Å². The van der Waals surface area contributed by atoms with Gasteiger partial charge in [0.1, 0.15) is 11.4 Å². The number of para-hydroxylation sites is 1. The summed E-state index contributed by atoms with van der Waals surface area (Å²) in [6.45, 7) is 5.49. The van der Waals surface area contributed by atoms with E-state index in [1.807, 2.05) is 43.0 Å². The van der Waals surface area contributed by atoms with Crippen LogP contribution in [0.1, 0.15) is 49.9 Å². The Morgan fingerprint density at radius 2 is 2.04 bits per heavy atom. The van der Waals surface area contributed by atoms with Gasteiger partial charge in [-0.15, -0.1) is 0 Å². The van der Waals surface area contributed by atoms with Crippen LogP contribution in [0.4, 0.5) is 5.82 Å². The second-order valence-corrected chi connectivity index (χ2v) is 7.32. The van der Waals surface area contributed by atoms with Gasteiger partial charge >= 0.3 is 0 Å². The molecule has 0 unspecified atom stereocenters. The molecule has 0 amide bonds. The maximum Gasteiger partial charge on any atom is 0.291 e. The molecular weight excluding hydrogens is 316 g/mol. The Balaban J connectivity index is 1.52. The van der Waals surface area contributed by atoms with Crippen molar-refractivity contribution in [3.8, 4) is 5.75 Å². The number of H-pyrrole nitrogens is 1. The van der Waals surface area contributed by atoms with E-state index in [0.29, 0.717) is 18.9 Å². The highest BCUT2D eigenvalue weighted by Crippen LogP contribution is 2.46. The number of hydrogen-bond donors (Lipinski definition) is 2. The lowest BCUT2D eigenvalue weighted by Gasteiger charge is -2.41. The number of aromatic nitrogens is 2. The van der Waals surface area contributed by atoms with Crippen molar-refractivity contribution >= 4 is 5.82 Å². The zero-order valence-corrected chi connectivity index (χ0v) is 14.7. The fourth-order valence-electron chi connectivity index (χ4n) is 3.83. The molecule has 1 atom stereocenters. The molecule has 0 aliphatic carbocycles. The number of fused-ring (bicyclic) bond motifs is 1. The smallest absolute Gasteiger partial charge is 0.291 e. The largest absolute Gasteiger partial charge is 0.485 e. The Bertz CT molecular complexity index is 837. The van der Waals surface area contributed by atoms with Gasteiger partial charge in [-0.2, -0.15) is 0 Å². The number of anilines is 1. The average Bonchev–Trinajstić information content (AvgIpc) is 2.88. The van der Waals surface area contributed by atoms with Crippen LogP contribution in [0.25, 0.3) is 0 Å². The second-order valence-electron chi connectivity index (χ2n) is 7.32. The molecule has 132 valence electrons. The van der Waals surface area contributed by atoms with Crippen LogP contribution in [0.15, 0.2) is 35.3 Å². The average molecular weight is 340 g/mol. The lowest BCUT2D eigenvalue weighted by atomic mass is 9.83. The molecule has 0 saturated carbocycles. The van der Waals surface area contributed by atoms with E-state index < -0.39 is 0 Å². The molecule has 4 rings (SSSR count). The van der Waals surface area contributed by atoms with Crippen LogP contribution in [-0.2, 0) is 0 Å². The van der Waals surface area contributed by atoms with Gasteiger partial charge in [0.25, 0.3) is 5.56 Å². The third-order valence-corrected chi connectivity index (χ3v) is 5.45. The molecule has 1 spiro atoms. The molecule has 6 nitrogen and oxygen atoms in total. The number of ether oxygens (including phenoxy) is 1. The number of piperidine rings is 1. The first-order valence-corrected chi connectivity index (χ1v) is 8.88. The highest BCUT2D eigenvalue weighted by Gasteiger charge is 2.48. The van der Waals surface area contributed by atoms with Crippen molar-refractivity contribution in [2.24, 2.45) is 5.73 Å². The normalized spacial score (nSPS) is 21.4. The highest BCUT2D eigenvalue weighted by molar-refractivity contribution is 5.44. The minimum absolute atomic E-state index is 0.123. The SMILES string of the molecule is CC(C)c1cnc(N2CCC3(CC2)Oc2ccccc2[C@H]3N)c(=O)[nH]1. The molecular formula is C19H24N4O2. The van der Waals surface area contributed by atoms with Crippen molar-refractivity contribution in [3.63, 3.8) is 0 Å². The number of nitrogens with two attached hydrogens (primary N) is 1. The van der Waals surface area contributed by atoms with Crippen LogP contribution in [0.2, 0.25) is 0 Å². The van der Waals surface area contributed by atoms with Crippen molar-refractivity contribution in [2.75, 3.05) is 18.0 Å². The van der Waals surface area contributed by atoms with Crippen molar-refractivity contribution < 1.29 is 4.74 Å². The van der Waals surface area contributed by atoms with Gasteiger partial charge in [0.05, 0.1) is 6.04 Å². The molecule has 6 heteroatoms. The van der Waals surface area contributed by atoms with Crippen LogP contribution in [0.3, 0.4) is 0 Å². The minimum Gasteiger partial charge on any atom is -0.485 e. The molecule has 2 aliphatic rings. The fourth-order valence-corrected chi connectivity index (χ4v) is 3.83. The molecule has 2 aliphatic heterocycles. The monoisotopic (exact) mass is 340 g/mol.